The van der Waals surface area contributed by atoms with Gasteiger partial charge in [0.2, 0.25) is 5.78 Å². The molecule has 1 heterocycles. The predicted octanol–water partition coefficient (Wildman–Crippen LogP) is 3.25. The number of nitrogens with zero attached hydrogens (tertiary/aromatic N) is 2. The van der Waals surface area contributed by atoms with Gasteiger partial charge in [-0.25, -0.2) is 13.5 Å². The first-order valence-corrected chi connectivity index (χ1v) is 8.04. The first-order chi connectivity index (χ1) is 11.7. The Balaban J connectivity index is 2.20. The van der Waals surface area contributed by atoms with E-state index >= 15 is 0 Å². The standard InChI is InChI=1S/C18H21F2N3O2/c1-10(2)7-17(24)18(25)22-11(3)14-9-21-23(12(14)4)16-6-5-13(19)8-15(16)20/h5-6,8-11H,7H2,1-4H3,(H,22,25). The van der Waals surface area contributed by atoms with Gasteiger partial charge in [-0.15, -0.1) is 0 Å². The van der Waals surface area contributed by atoms with Crippen molar-refractivity contribution in [3.8, 4) is 5.69 Å². The van der Waals surface area contributed by atoms with E-state index in [1.165, 1.54) is 16.9 Å². The Labute approximate surface area is 145 Å². The number of benzene rings is 1. The summed E-state index contributed by atoms with van der Waals surface area (Å²) in [4.78, 5) is 23.7. The Bertz CT molecular complexity index is 800. The zero-order valence-corrected chi connectivity index (χ0v) is 14.6. The number of amides is 1. The van der Waals surface area contributed by atoms with Crippen LogP contribution in [0.3, 0.4) is 0 Å². The topological polar surface area (TPSA) is 64.0 Å². The van der Waals surface area contributed by atoms with Crippen LogP contribution in [0.1, 0.15) is 44.5 Å². The van der Waals surface area contributed by atoms with Gasteiger partial charge in [0, 0.05) is 23.7 Å². The molecule has 2 rings (SSSR count). The summed E-state index contributed by atoms with van der Waals surface area (Å²) < 4.78 is 28.3. The lowest BCUT2D eigenvalue weighted by Crippen LogP contribution is -2.33. The fourth-order valence-corrected chi connectivity index (χ4v) is 2.56. The lowest BCUT2D eigenvalue weighted by Gasteiger charge is -2.14. The van der Waals surface area contributed by atoms with Gasteiger partial charge in [0.25, 0.3) is 5.91 Å². The number of carbonyl (C=O) groups is 2. The van der Waals surface area contributed by atoms with Gasteiger partial charge in [0.15, 0.2) is 5.82 Å². The van der Waals surface area contributed by atoms with Crippen molar-refractivity contribution in [1.82, 2.24) is 15.1 Å². The van der Waals surface area contributed by atoms with Crippen molar-refractivity contribution in [3.63, 3.8) is 0 Å². The van der Waals surface area contributed by atoms with Crippen LogP contribution in [0.5, 0.6) is 0 Å². The number of nitrogens with one attached hydrogen (secondary N) is 1. The average molecular weight is 349 g/mol. The molecule has 7 heteroatoms. The lowest BCUT2D eigenvalue weighted by atomic mass is 10.1. The summed E-state index contributed by atoms with van der Waals surface area (Å²) in [5.74, 6) is -2.44. The van der Waals surface area contributed by atoms with E-state index in [0.29, 0.717) is 11.3 Å². The second-order valence-electron chi connectivity index (χ2n) is 6.41. The minimum Gasteiger partial charge on any atom is -0.343 e. The molecule has 0 saturated heterocycles. The maximum Gasteiger partial charge on any atom is 0.287 e. The lowest BCUT2D eigenvalue weighted by molar-refractivity contribution is -0.138. The number of hydrogen-bond acceptors (Lipinski definition) is 3. The zero-order valence-electron chi connectivity index (χ0n) is 14.6. The van der Waals surface area contributed by atoms with Crippen molar-refractivity contribution in [2.75, 3.05) is 0 Å². The van der Waals surface area contributed by atoms with Crippen molar-refractivity contribution in [1.29, 1.82) is 0 Å². The van der Waals surface area contributed by atoms with Gasteiger partial charge in [-0.05, 0) is 31.9 Å². The normalized spacial score (nSPS) is 12.3. The van der Waals surface area contributed by atoms with Gasteiger partial charge in [0.1, 0.15) is 11.5 Å². The van der Waals surface area contributed by atoms with Crippen molar-refractivity contribution in [2.45, 2.75) is 40.2 Å². The summed E-state index contributed by atoms with van der Waals surface area (Å²) >= 11 is 0. The molecule has 0 bridgehead atoms. The highest BCUT2D eigenvalue weighted by atomic mass is 19.1. The Morgan fingerprint density at radius 3 is 2.52 bits per heavy atom. The van der Waals surface area contributed by atoms with Gasteiger partial charge >= 0.3 is 0 Å². The summed E-state index contributed by atoms with van der Waals surface area (Å²) in [6, 6.07) is 2.76. The molecule has 5 nitrogen and oxygen atoms in total. The highest BCUT2D eigenvalue weighted by Crippen LogP contribution is 2.22. The summed E-state index contributed by atoms with van der Waals surface area (Å²) in [7, 11) is 0. The van der Waals surface area contributed by atoms with Gasteiger partial charge in [0.05, 0.1) is 12.2 Å². The average Bonchev–Trinajstić information content (AvgIpc) is 2.88. The number of carbonyl (C=O) groups excluding carboxylic acids is 2. The minimum absolute atomic E-state index is 0.0968. The number of aromatic nitrogens is 2. The third kappa shape index (κ3) is 4.29. The second-order valence-corrected chi connectivity index (χ2v) is 6.41. The molecule has 0 spiro atoms. The van der Waals surface area contributed by atoms with Crippen molar-refractivity contribution in [2.24, 2.45) is 5.92 Å². The van der Waals surface area contributed by atoms with Crippen LogP contribution >= 0.6 is 0 Å². The maximum absolute atomic E-state index is 13.9. The molecule has 0 radical (unpaired) electrons. The second kappa shape index (κ2) is 7.55. The molecule has 0 saturated carbocycles. The number of ketones is 1. The molecule has 2 aromatic rings. The number of hydrogen-bond donors (Lipinski definition) is 1. The minimum atomic E-state index is -0.735. The largest absolute Gasteiger partial charge is 0.343 e. The first-order valence-electron chi connectivity index (χ1n) is 8.04. The molecular formula is C18H21F2N3O2. The summed E-state index contributed by atoms with van der Waals surface area (Å²) in [6.07, 6.45) is 1.67. The highest BCUT2D eigenvalue weighted by Gasteiger charge is 2.21. The predicted molar refractivity (Wildman–Crippen MR) is 89.2 cm³/mol. The SMILES string of the molecule is Cc1c(C(C)NC(=O)C(=O)CC(C)C)cnn1-c1ccc(F)cc1F. The Morgan fingerprint density at radius 2 is 1.92 bits per heavy atom. The van der Waals surface area contributed by atoms with E-state index < -0.39 is 29.4 Å². The van der Waals surface area contributed by atoms with E-state index in [-0.39, 0.29) is 18.0 Å². The third-order valence-electron chi connectivity index (χ3n) is 3.85. The molecule has 0 aliphatic heterocycles. The van der Waals surface area contributed by atoms with E-state index in [2.05, 4.69) is 10.4 Å². The van der Waals surface area contributed by atoms with E-state index in [9.17, 15) is 18.4 Å². The van der Waals surface area contributed by atoms with Crippen LogP contribution in [-0.4, -0.2) is 21.5 Å². The Kier molecular flexibility index (Phi) is 5.66. The zero-order chi connectivity index (χ0) is 18.7. The molecule has 1 aromatic heterocycles. The van der Waals surface area contributed by atoms with Crippen LogP contribution in [0.4, 0.5) is 8.78 Å². The van der Waals surface area contributed by atoms with E-state index in [1.54, 1.807) is 13.8 Å². The van der Waals surface area contributed by atoms with Crippen LogP contribution in [-0.2, 0) is 9.59 Å². The van der Waals surface area contributed by atoms with Gasteiger partial charge in [-0.2, -0.15) is 5.10 Å². The monoisotopic (exact) mass is 349 g/mol. The van der Waals surface area contributed by atoms with E-state index in [1.807, 2.05) is 13.8 Å². The highest BCUT2D eigenvalue weighted by molar-refractivity contribution is 6.36. The van der Waals surface area contributed by atoms with Gasteiger partial charge in [-0.3, -0.25) is 9.59 Å². The van der Waals surface area contributed by atoms with E-state index in [0.717, 1.165) is 12.1 Å². The van der Waals surface area contributed by atoms with Crippen LogP contribution in [0, 0.1) is 24.5 Å². The fraction of sp³-hybridized carbons (Fsp3) is 0.389. The number of halogens is 2. The molecule has 1 N–H and O–H groups in total. The molecule has 134 valence electrons. The van der Waals surface area contributed by atoms with Crippen LogP contribution in [0.2, 0.25) is 0 Å². The quantitative estimate of drug-likeness (QED) is 0.814. The molecule has 0 aliphatic carbocycles. The van der Waals surface area contributed by atoms with Crippen molar-refractivity contribution < 1.29 is 18.4 Å². The van der Waals surface area contributed by atoms with Crippen LogP contribution in [0.25, 0.3) is 5.69 Å². The maximum atomic E-state index is 13.9. The smallest absolute Gasteiger partial charge is 0.287 e. The van der Waals surface area contributed by atoms with Crippen molar-refractivity contribution >= 4 is 11.7 Å². The van der Waals surface area contributed by atoms with Crippen molar-refractivity contribution in [3.05, 3.63) is 47.3 Å². The molecule has 1 unspecified atom stereocenters. The fourth-order valence-electron chi connectivity index (χ4n) is 2.56. The summed E-state index contributed by atoms with van der Waals surface area (Å²) in [5, 5.41) is 6.75. The van der Waals surface area contributed by atoms with Gasteiger partial charge in [-0.1, -0.05) is 13.8 Å². The van der Waals surface area contributed by atoms with Crippen LogP contribution < -0.4 is 5.32 Å². The molecule has 0 fully saturated rings. The number of rotatable bonds is 6. The molecule has 1 aromatic carbocycles. The Morgan fingerprint density at radius 1 is 1.24 bits per heavy atom. The summed E-state index contributed by atoms with van der Waals surface area (Å²) in [5.41, 5.74) is 1.35. The number of Topliss-reactive ketones (excluding diaryl/α,β-unsaturated/α-hetero) is 1. The molecule has 0 aliphatic rings. The summed E-state index contributed by atoms with van der Waals surface area (Å²) in [6.45, 7) is 7.15. The molecule has 25 heavy (non-hydrogen) atoms. The first kappa shape index (κ1) is 18.8. The third-order valence-corrected chi connectivity index (χ3v) is 3.85. The molecular weight excluding hydrogens is 328 g/mol. The molecule has 1 amide bonds. The molecule has 1 atom stereocenters. The van der Waals surface area contributed by atoms with Crippen LogP contribution in [0.15, 0.2) is 24.4 Å². The Hall–Kier alpha value is -2.57. The van der Waals surface area contributed by atoms with E-state index in [4.69, 9.17) is 0 Å². The van der Waals surface area contributed by atoms with Gasteiger partial charge < -0.3 is 5.32 Å².